The summed E-state index contributed by atoms with van der Waals surface area (Å²) in [6.07, 6.45) is 5.77. The lowest BCUT2D eigenvalue weighted by atomic mass is 10.0. The van der Waals surface area contributed by atoms with E-state index in [1.54, 1.807) is 6.26 Å². The van der Waals surface area contributed by atoms with E-state index in [1.807, 2.05) is 12.1 Å². The summed E-state index contributed by atoms with van der Waals surface area (Å²) in [5, 5.41) is 3.55. The molecule has 3 heteroatoms. The molecule has 0 aromatic carbocycles. The van der Waals surface area contributed by atoms with Crippen molar-refractivity contribution in [2.75, 3.05) is 20.1 Å². The molecule has 16 heavy (non-hydrogen) atoms. The van der Waals surface area contributed by atoms with Crippen molar-refractivity contribution in [1.82, 2.24) is 10.2 Å². The first-order valence-electron chi connectivity index (χ1n) is 6.24. The van der Waals surface area contributed by atoms with Gasteiger partial charge in [0.25, 0.3) is 0 Å². The Balaban J connectivity index is 1.78. The van der Waals surface area contributed by atoms with Crippen molar-refractivity contribution in [3.05, 3.63) is 24.2 Å². The van der Waals surface area contributed by atoms with Crippen molar-refractivity contribution < 1.29 is 4.42 Å². The van der Waals surface area contributed by atoms with Crippen molar-refractivity contribution in [1.29, 1.82) is 0 Å². The number of rotatable bonds is 4. The highest BCUT2D eigenvalue weighted by Gasteiger charge is 2.19. The zero-order chi connectivity index (χ0) is 11.4. The molecule has 2 rings (SSSR count). The van der Waals surface area contributed by atoms with Crippen LogP contribution in [0.2, 0.25) is 0 Å². The second-order valence-electron chi connectivity index (χ2n) is 4.78. The summed E-state index contributed by atoms with van der Waals surface area (Å²) in [7, 11) is 2.23. The molecule has 0 bridgehead atoms. The quantitative estimate of drug-likeness (QED) is 0.848. The third kappa shape index (κ3) is 2.86. The highest BCUT2D eigenvalue weighted by Crippen LogP contribution is 2.16. The summed E-state index contributed by atoms with van der Waals surface area (Å²) >= 11 is 0. The van der Waals surface area contributed by atoms with Gasteiger partial charge in [-0.05, 0) is 45.5 Å². The van der Waals surface area contributed by atoms with Gasteiger partial charge in [0, 0.05) is 12.6 Å². The first-order chi connectivity index (χ1) is 7.77. The lowest BCUT2D eigenvalue weighted by Gasteiger charge is -2.33. The lowest BCUT2D eigenvalue weighted by Crippen LogP contribution is -2.43. The van der Waals surface area contributed by atoms with Crippen LogP contribution in [0.5, 0.6) is 0 Å². The second-order valence-corrected chi connectivity index (χ2v) is 4.78. The van der Waals surface area contributed by atoms with Gasteiger partial charge in [-0.1, -0.05) is 6.42 Å². The monoisotopic (exact) mass is 222 g/mol. The molecule has 1 aromatic heterocycles. The molecule has 1 unspecified atom stereocenters. The lowest BCUT2D eigenvalue weighted by molar-refractivity contribution is 0.177. The Morgan fingerprint density at radius 1 is 1.56 bits per heavy atom. The van der Waals surface area contributed by atoms with Crippen molar-refractivity contribution in [3.8, 4) is 0 Å². The van der Waals surface area contributed by atoms with Gasteiger partial charge in [-0.15, -0.1) is 0 Å². The molecule has 0 radical (unpaired) electrons. The van der Waals surface area contributed by atoms with Crippen LogP contribution in [0.4, 0.5) is 0 Å². The van der Waals surface area contributed by atoms with Crippen molar-refractivity contribution in [3.63, 3.8) is 0 Å². The fourth-order valence-corrected chi connectivity index (χ4v) is 2.35. The number of likely N-dealkylation sites (N-methyl/N-ethyl adjacent to an activating group) is 1. The van der Waals surface area contributed by atoms with Crippen LogP contribution in [0.3, 0.4) is 0 Å². The Kier molecular flexibility index (Phi) is 4.02. The Labute approximate surface area is 97.8 Å². The third-order valence-electron chi connectivity index (χ3n) is 3.55. The highest BCUT2D eigenvalue weighted by atomic mass is 16.3. The van der Waals surface area contributed by atoms with E-state index in [-0.39, 0.29) is 0 Å². The number of furan rings is 1. The maximum Gasteiger partial charge on any atom is 0.120 e. The molecular weight excluding hydrogens is 200 g/mol. The SMILES string of the molecule is C[C@H](NCC1CCCCN1C)c1ccco1. The van der Waals surface area contributed by atoms with Crippen LogP contribution < -0.4 is 5.32 Å². The standard InChI is InChI=1S/C13H22N2O/c1-11(13-7-5-9-16-13)14-10-12-6-3-4-8-15(12)2/h5,7,9,11-12,14H,3-4,6,8,10H2,1-2H3/t11-,12?/m0/s1. The van der Waals surface area contributed by atoms with Crippen LogP contribution in [0.1, 0.15) is 38.0 Å². The van der Waals surface area contributed by atoms with Gasteiger partial charge < -0.3 is 14.6 Å². The van der Waals surface area contributed by atoms with E-state index < -0.39 is 0 Å². The van der Waals surface area contributed by atoms with Gasteiger partial charge in [0.05, 0.1) is 12.3 Å². The van der Waals surface area contributed by atoms with E-state index in [2.05, 4.69) is 24.2 Å². The molecule has 1 aliphatic heterocycles. The highest BCUT2D eigenvalue weighted by molar-refractivity contribution is 5.03. The molecule has 0 aliphatic carbocycles. The van der Waals surface area contributed by atoms with Gasteiger partial charge in [0.2, 0.25) is 0 Å². The van der Waals surface area contributed by atoms with Crippen molar-refractivity contribution in [2.24, 2.45) is 0 Å². The van der Waals surface area contributed by atoms with Crippen LogP contribution in [0.15, 0.2) is 22.8 Å². The Hall–Kier alpha value is -0.800. The predicted molar refractivity (Wildman–Crippen MR) is 65.4 cm³/mol. The van der Waals surface area contributed by atoms with E-state index in [0.717, 1.165) is 12.3 Å². The average Bonchev–Trinajstić information content (AvgIpc) is 2.81. The molecule has 2 heterocycles. The van der Waals surface area contributed by atoms with Crippen molar-refractivity contribution in [2.45, 2.75) is 38.3 Å². The van der Waals surface area contributed by atoms with Gasteiger partial charge in [0.15, 0.2) is 0 Å². The Bertz CT molecular complexity index is 297. The Morgan fingerprint density at radius 3 is 3.12 bits per heavy atom. The molecular formula is C13H22N2O. The first kappa shape index (κ1) is 11.7. The van der Waals surface area contributed by atoms with Crippen LogP contribution >= 0.6 is 0 Å². The van der Waals surface area contributed by atoms with Crippen molar-refractivity contribution >= 4 is 0 Å². The average molecular weight is 222 g/mol. The van der Waals surface area contributed by atoms with E-state index in [1.165, 1.54) is 25.8 Å². The number of likely N-dealkylation sites (tertiary alicyclic amines) is 1. The van der Waals surface area contributed by atoms with E-state index >= 15 is 0 Å². The van der Waals surface area contributed by atoms with Gasteiger partial charge in [-0.3, -0.25) is 0 Å². The third-order valence-corrected chi connectivity index (χ3v) is 3.55. The number of nitrogens with zero attached hydrogens (tertiary/aromatic N) is 1. The second kappa shape index (κ2) is 5.51. The molecule has 2 atom stereocenters. The maximum atomic E-state index is 5.39. The molecule has 0 saturated carbocycles. The van der Waals surface area contributed by atoms with Gasteiger partial charge in [-0.25, -0.2) is 0 Å². The smallest absolute Gasteiger partial charge is 0.120 e. The maximum absolute atomic E-state index is 5.39. The Morgan fingerprint density at radius 2 is 2.44 bits per heavy atom. The largest absolute Gasteiger partial charge is 0.468 e. The van der Waals surface area contributed by atoms with Gasteiger partial charge in [-0.2, -0.15) is 0 Å². The molecule has 1 N–H and O–H groups in total. The van der Waals surface area contributed by atoms with Gasteiger partial charge in [0.1, 0.15) is 5.76 Å². The van der Waals surface area contributed by atoms with Crippen LogP contribution in [0, 0.1) is 0 Å². The topological polar surface area (TPSA) is 28.4 Å². The minimum Gasteiger partial charge on any atom is -0.468 e. The number of hydrogen-bond acceptors (Lipinski definition) is 3. The molecule has 1 aromatic rings. The van der Waals surface area contributed by atoms with E-state index in [9.17, 15) is 0 Å². The number of piperidine rings is 1. The summed E-state index contributed by atoms with van der Waals surface area (Å²) in [5.41, 5.74) is 0. The molecule has 0 spiro atoms. The zero-order valence-electron chi connectivity index (χ0n) is 10.3. The summed E-state index contributed by atoms with van der Waals surface area (Å²) < 4.78 is 5.39. The van der Waals surface area contributed by atoms with Gasteiger partial charge >= 0.3 is 0 Å². The zero-order valence-corrected chi connectivity index (χ0v) is 10.3. The molecule has 1 aliphatic rings. The molecule has 1 fully saturated rings. The number of nitrogens with one attached hydrogen (secondary N) is 1. The molecule has 1 saturated heterocycles. The predicted octanol–water partition coefficient (Wildman–Crippen LogP) is 2.41. The molecule has 90 valence electrons. The summed E-state index contributed by atoms with van der Waals surface area (Å²) in [5.74, 6) is 1.03. The van der Waals surface area contributed by atoms with E-state index in [4.69, 9.17) is 4.42 Å². The minimum absolute atomic E-state index is 0.310. The van der Waals surface area contributed by atoms with Crippen LogP contribution in [-0.4, -0.2) is 31.1 Å². The summed E-state index contributed by atoms with van der Waals surface area (Å²) in [6.45, 7) is 4.45. The van der Waals surface area contributed by atoms with Crippen LogP contribution in [-0.2, 0) is 0 Å². The molecule has 3 nitrogen and oxygen atoms in total. The molecule has 0 amide bonds. The fraction of sp³-hybridized carbons (Fsp3) is 0.692. The fourth-order valence-electron chi connectivity index (χ4n) is 2.35. The summed E-state index contributed by atoms with van der Waals surface area (Å²) in [4.78, 5) is 2.46. The number of hydrogen-bond donors (Lipinski definition) is 1. The minimum atomic E-state index is 0.310. The normalized spacial score (nSPS) is 24.5. The summed E-state index contributed by atoms with van der Waals surface area (Å²) in [6, 6.07) is 4.97. The van der Waals surface area contributed by atoms with E-state index in [0.29, 0.717) is 12.1 Å². The first-order valence-corrected chi connectivity index (χ1v) is 6.24. The van der Waals surface area contributed by atoms with Crippen LogP contribution in [0.25, 0.3) is 0 Å².